The minimum absolute atomic E-state index is 0.0178. The van der Waals surface area contributed by atoms with Gasteiger partial charge in [-0.2, -0.15) is 4.98 Å². The van der Waals surface area contributed by atoms with E-state index in [1.165, 1.54) is 24.4 Å². The lowest BCUT2D eigenvalue weighted by atomic mass is 10.3. The van der Waals surface area contributed by atoms with Crippen LogP contribution in [0.4, 0.5) is 19.1 Å². The molecule has 1 aromatic heterocycles. The largest absolute Gasteiger partial charge is 0.573 e. The summed E-state index contributed by atoms with van der Waals surface area (Å²) in [5, 5.41) is 0. The smallest absolute Gasteiger partial charge is 0.434 e. The summed E-state index contributed by atoms with van der Waals surface area (Å²) < 4.78 is 46.3. The third-order valence-electron chi connectivity index (χ3n) is 2.01. The van der Waals surface area contributed by atoms with Crippen LogP contribution in [0.25, 0.3) is 0 Å². The number of alkyl halides is 3. The van der Waals surface area contributed by atoms with E-state index in [-0.39, 0.29) is 17.6 Å². The average molecular weight is 350 g/mol. The second kappa shape index (κ2) is 5.53. The highest BCUT2D eigenvalue weighted by Crippen LogP contribution is 2.36. The van der Waals surface area contributed by atoms with E-state index in [1.54, 1.807) is 0 Å². The average Bonchev–Trinajstić information content (AvgIpc) is 2.34. The first-order valence-corrected chi connectivity index (χ1v) is 5.95. The Morgan fingerprint density at radius 3 is 2.45 bits per heavy atom. The summed E-state index contributed by atoms with van der Waals surface area (Å²) in [5.41, 5.74) is 5.39. The van der Waals surface area contributed by atoms with Crippen molar-refractivity contribution in [3.63, 3.8) is 0 Å². The Hall–Kier alpha value is -2.03. The zero-order chi connectivity index (χ0) is 14.8. The Morgan fingerprint density at radius 2 is 1.80 bits per heavy atom. The molecule has 5 nitrogen and oxygen atoms in total. The van der Waals surface area contributed by atoms with Gasteiger partial charge in [0, 0.05) is 0 Å². The van der Waals surface area contributed by atoms with Gasteiger partial charge in [0.1, 0.15) is 0 Å². The van der Waals surface area contributed by atoms with Gasteiger partial charge in [0.2, 0.25) is 11.8 Å². The number of para-hydroxylation sites is 2. The molecule has 0 atom stereocenters. The molecule has 1 heterocycles. The van der Waals surface area contributed by atoms with Crippen LogP contribution in [0.1, 0.15) is 0 Å². The Kier molecular flexibility index (Phi) is 3.98. The van der Waals surface area contributed by atoms with Crippen molar-refractivity contribution in [2.45, 2.75) is 6.36 Å². The maximum absolute atomic E-state index is 12.3. The summed E-state index contributed by atoms with van der Waals surface area (Å²) in [7, 11) is 0. The van der Waals surface area contributed by atoms with Gasteiger partial charge < -0.3 is 15.2 Å². The molecule has 0 aliphatic carbocycles. The van der Waals surface area contributed by atoms with E-state index in [1.807, 2.05) is 0 Å². The zero-order valence-corrected chi connectivity index (χ0v) is 11.3. The van der Waals surface area contributed by atoms with Crippen molar-refractivity contribution < 1.29 is 22.6 Å². The molecule has 9 heteroatoms. The first kappa shape index (κ1) is 14.4. The molecule has 2 aromatic rings. The van der Waals surface area contributed by atoms with Gasteiger partial charge in [-0.05, 0) is 28.1 Å². The first-order valence-electron chi connectivity index (χ1n) is 5.16. The predicted octanol–water partition coefficient (Wildman–Crippen LogP) is 3.51. The van der Waals surface area contributed by atoms with Gasteiger partial charge in [-0.1, -0.05) is 12.1 Å². The highest BCUT2D eigenvalue weighted by Gasteiger charge is 2.32. The molecule has 0 spiro atoms. The molecular formula is C11H7BrF3N3O2. The molecule has 0 bridgehead atoms. The molecule has 1 aromatic carbocycles. The minimum Gasteiger partial charge on any atom is -0.434 e. The van der Waals surface area contributed by atoms with E-state index in [2.05, 4.69) is 30.6 Å². The molecule has 0 aliphatic heterocycles. The predicted molar refractivity (Wildman–Crippen MR) is 67.3 cm³/mol. The molecular weight excluding hydrogens is 343 g/mol. The maximum Gasteiger partial charge on any atom is 0.573 e. The molecule has 0 saturated carbocycles. The molecule has 0 aliphatic rings. The van der Waals surface area contributed by atoms with Crippen molar-refractivity contribution >= 4 is 21.9 Å². The van der Waals surface area contributed by atoms with Crippen molar-refractivity contribution in [2.24, 2.45) is 0 Å². The van der Waals surface area contributed by atoms with Gasteiger partial charge in [0.25, 0.3) is 0 Å². The summed E-state index contributed by atoms with van der Waals surface area (Å²) in [6, 6.07) is 5.32. The molecule has 0 amide bonds. The molecule has 2 rings (SSSR count). The van der Waals surface area contributed by atoms with Crippen molar-refractivity contribution in [2.75, 3.05) is 5.73 Å². The number of nitrogen functional groups attached to an aromatic ring is 1. The van der Waals surface area contributed by atoms with Crippen LogP contribution in [0.3, 0.4) is 0 Å². The molecule has 0 fully saturated rings. The normalized spacial score (nSPS) is 11.2. The monoisotopic (exact) mass is 349 g/mol. The third kappa shape index (κ3) is 3.73. The van der Waals surface area contributed by atoms with E-state index >= 15 is 0 Å². The van der Waals surface area contributed by atoms with Gasteiger partial charge in [0.05, 0.1) is 10.7 Å². The van der Waals surface area contributed by atoms with Crippen LogP contribution < -0.4 is 15.2 Å². The van der Waals surface area contributed by atoms with Gasteiger partial charge in [-0.15, -0.1) is 13.2 Å². The van der Waals surface area contributed by atoms with Crippen LogP contribution in [-0.4, -0.2) is 16.3 Å². The van der Waals surface area contributed by atoms with Crippen molar-refractivity contribution in [3.8, 4) is 17.4 Å². The van der Waals surface area contributed by atoms with Crippen LogP contribution in [0.2, 0.25) is 0 Å². The van der Waals surface area contributed by atoms with Gasteiger partial charge in [0.15, 0.2) is 11.5 Å². The maximum atomic E-state index is 12.3. The van der Waals surface area contributed by atoms with Crippen molar-refractivity contribution in [3.05, 3.63) is 34.9 Å². The minimum atomic E-state index is -4.82. The number of nitrogens with zero attached hydrogens (tertiary/aromatic N) is 2. The number of nitrogens with two attached hydrogens (primary N) is 1. The molecule has 2 N–H and O–H groups in total. The van der Waals surface area contributed by atoms with Crippen LogP contribution in [0.15, 0.2) is 34.9 Å². The number of hydrogen-bond donors (Lipinski definition) is 1. The quantitative estimate of drug-likeness (QED) is 0.917. The summed E-state index contributed by atoms with van der Waals surface area (Å²) in [6.45, 7) is 0. The Labute approximate surface area is 119 Å². The first-order chi connectivity index (χ1) is 9.35. The summed E-state index contributed by atoms with van der Waals surface area (Å²) in [5.74, 6) is -0.721. The number of benzene rings is 1. The lowest BCUT2D eigenvalue weighted by Crippen LogP contribution is -2.17. The molecule has 20 heavy (non-hydrogen) atoms. The Balaban J connectivity index is 2.32. The van der Waals surface area contributed by atoms with E-state index in [9.17, 15) is 13.2 Å². The van der Waals surface area contributed by atoms with Crippen LogP contribution >= 0.6 is 15.9 Å². The standard InChI is InChI=1S/C11H7BrF3N3O2/c12-6-5-17-10(16)18-9(6)19-7-3-1-2-4-8(7)20-11(13,14)15/h1-5H,(H2,16,17,18). The van der Waals surface area contributed by atoms with E-state index < -0.39 is 12.1 Å². The fourth-order valence-corrected chi connectivity index (χ4v) is 1.56. The lowest BCUT2D eigenvalue weighted by Gasteiger charge is -2.13. The third-order valence-corrected chi connectivity index (χ3v) is 2.56. The summed E-state index contributed by atoms with van der Waals surface area (Å²) >= 11 is 3.11. The number of ether oxygens (including phenoxy) is 2. The number of anilines is 1. The summed E-state index contributed by atoms with van der Waals surface area (Å²) in [4.78, 5) is 7.46. The zero-order valence-electron chi connectivity index (χ0n) is 9.69. The van der Waals surface area contributed by atoms with Crippen molar-refractivity contribution in [1.29, 1.82) is 0 Å². The number of halogens is 4. The highest BCUT2D eigenvalue weighted by atomic mass is 79.9. The number of hydrogen-bond acceptors (Lipinski definition) is 5. The molecule has 0 unspecified atom stereocenters. The Morgan fingerprint density at radius 1 is 1.15 bits per heavy atom. The fourth-order valence-electron chi connectivity index (χ4n) is 1.28. The SMILES string of the molecule is Nc1ncc(Br)c(Oc2ccccc2OC(F)(F)F)n1. The molecule has 0 saturated heterocycles. The highest BCUT2D eigenvalue weighted by molar-refractivity contribution is 9.10. The number of rotatable bonds is 3. The number of aromatic nitrogens is 2. The van der Waals surface area contributed by atoms with Crippen LogP contribution in [0.5, 0.6) is 17.4 Å². The van der Waals surface area contributed by atoms with E-state index in [0.717, 1.165) is 6.07 Å². The second-order valence-electron chi connectivity index (χ2n) is 3.48. The topological polar surface area (TPSA) is 70.3 Å². The van der Waals surface area contributed by atoms with Gasteiger partial charge in [-0.3, -0.25) is 0 Å². The molecule has 106 valence electrons. The van der Waals surface area contributed by atoms with E-state index in [4.69, 9.17) is 10.5 Å². The van der Waals surface area contributed by atoms with Gasteiger partial charge >= 0.3 is 6.36 Å². The lowest BCUT2D eigenvalue weighted by molar-refractivity contribution is -0.275. The van der Waals surface area contributed by atoms with Crippen molar-refractivity contribution in [1.82, 2.24) is 9.97 Å². The second-order valence-corrected chi connectivity index (χ2v) is 4.33. The van der Waals surface area contributed by atoms with Gasteiger partial charge in [-0.25, -0.2) is 4.98 Å². The van der Waals surface area contributed by atoms with E-state index in [0.29, 0.717) is 4.47 Å². The van der Waals surface area contributed by atoms with Crippen LogP contribution in [0, 0.1) is 0 Å². The Bertz CT molecular complexity index is 622. The van der Waals surface area contributed by atoms with Crippen LogP contribution in [-0.2, 0) is 0 Å². The summed E-state index contributed by atoms with van der Waals surface area (Å²) in [6.07, 6.45) is -3.49. The molecule has 0 radical (unpaired) electrons. The fraction of sp³-hybridized carbons (Fsp3) is 0.0909.